The van der Waals surface area contributed by atoms with Crippen LogP contribution in [0.25, 0.3) is 23.4 Å². The highest BCUT2D eigenvalue weighted by Gasteiger charge is 2.06. The molecule has 24 heavy (non-hydrogen) atoms. The van der Waals surface area contributed by atoms with Crippen molar-refractivity contribution in [2.24, 2.45) is 0 Å². The minimum atomic E-state index is 0.0292. The van der Waals surface area contributed by atoms with E-state index in [-0.39, 0.29) is 6.61 Å². The van der Waals surface area contributed by atoms with Gasteiger partial charge in [-0.25, -0.2) is 9.97 Å². The van der Waals surface area contributed by atoms with E-state index in [2.05, 4.69) is 9.97 Å². The molecule has 0 aliphatic heterocycles. The summed E-state index contributed by atoms with van der Waals surface area (Å²) < 4.78 is 5.39. The molecule has 0 fully saturated rings. The lowest BCUT2D eigenvalue weighted by molar-refractivity contribution is 0.282. The molecule has 1 aromatic heterocycles. The Balaban J connectivity index is 1.89. The fourth-order valence-electron chi connectivity index (χ4n) is 2.43. The van der Waals surface area contributed by atoms with Crippen molar-refractivity contribution < 1.29 is 9.84 Å². The lowest BCUT2D eigenvalue weighted by atomic mass is 10.1. The fourth-order valence-corrected chi connectivity index (χ4v) is 2.43. The highest BCUT2D eigenvalue weighted by molar-refractivity contribution is 5.70. The molecule has 0 spiro atoms. The molecular weight excluding hydrogens is 300 g/mol. The molecule has 1 heterocycles. The van der Waals surface area contributed by atoms with Crippen molar-refractivity contribution >= 4 is 12.2 Å². The van der Waals surface area contributed by atoms with Crippen molar-refractivity contribution in [1.82, 2.24) is 9.97 Å². The highest BCUT2D eigenvalue weighted by atomic mass is 16.5. The molecule has 0 saturated carbocycles. The number of ether oxygens (including phenoxy) is 1. The third-order valence-corrected chi connectivity index (χ3v) is 3.62. The van der Waals surface area contributed by atoms with Gasteiger partial charge in [0.05, 0.1) is 19.4 Å². The zero-order valence-corrected chi connectivity index (χ0v) is 13.4. The summed E-state index contributed by atoms with van der Waals surface area (Å²) in [6.07, 6.45) is 5.52. The Morgan fingerprint density at radius 2 is 1.92 bits per heavy atom. The second kappa shape index (κ2) is 7.53. The van der Waals surface area contributed by atoms with Crippen LogP contribution in [0.1, 0.15) is 17.0 Å². The van der Waals surface area contributed by atoms with E-state index < -0.39 is 0 Å². The van der Waals surface area contributed by atoms with Gasteiger partial charge in [-0.2, -0.15) is 0 Å². The number of methoxy groups -OCH3 is 1. The summed E-state index contributed by atoms with van der Waals surface area (Å²) in [6, 6.07) is 17.3. The van der Waals surface area contributed by atoms with Gasteiger partial charge in [0.2, 0.25) is 0 Å². The van der Waals surface area contributed by atoms with Crippen LogP contribution in [0.5, 0.6) is 5.75 Å². The van der Waals surface area contributed by atoms with Gasteiger partial charge in [-0.1, -0.05) is 36.4 Å². The predicted molar refractivity (Wildman–Crippen MR) is 95.3 cm³/mol. The second-order valence-corrected chi connectivity index (χ2v) is 5.24. The molecule has 2 aromatic carbocycles. The molecule has 0 aliphatic carbocycles. The third kappa shape index (κ3) is 3.67. The van der Waals surface area contributed by atoms with E-state index in [9.17, 15) is 5.11 Å². The van der Waals surface area contributed by atoms with E-state index in [1.165, 1.54) is 0 Å². The summed E-state index contributed by atoms with van der Waals surface area (Å²) in [6.45, 7) is 0.0292. The van der Waals surface area contributed by atoms with Crippen molar-refractivity contribution in [3.05, 3.63) is 77.7 Å². The van der Waals surface area contributed by atoms with Crippen molar-refractivity contribution in [1.29, 1.82) is 0 Å². The standard InChI is InChI=1S/C20H18N2O2/c1-24-19-8-3-2-7-17(19)18-11-12-21-20(22-18)10-9-15-5-4-6-16(13-15)14-23/h2-13,23H,14H2,1H3/b10-9+. The van der Waals surface area contributed by atoms with Gasteiger partial charge in [-0.3, -0.25) is 0 Å². The number of aliphatic hydroxyl groups is 1. The van der Waals surface area contributed by atoms with Crippen LogP contribution in [0.2, 0.25) is 0 Å². The molecule has 120 valence electrons. The predicted octanol–water partition coefficient (Wildman–Crippen LogP) is 3.81. The number of rotatable bonds is 5. The Hall–Kier alpha value is -2.98. The molecule has 3 rings (SSSR count). The summed E-state index contributed by atoms with van der Waals surface area (Å²) in [5, 5.41) is 9.20. The summed E-state index contributed by atoms with van der Waals surface area (Å²) in [5.41, 5.74) is 3.61. The zero-order chi connectivity index (χ0) is 16.8. The van der Waals surface area contributed by atoms with E-state index in [4.69, 9.17) is 4.74 Å². The van der Waals surface area contributed by atoms with Crippen molar-refractivity contribution in [2.45, 2.75) is 6.61 Å². The van der Waals surface area contributed by atoms with Gasteiger partial charge in [0.1, 0.15) is 5.75 Å². The first kappa shape index (κ1) is 15.9. The van der Waals surface area contributed by atoms with E-state index in [0.29, 0.717) is 5.82 Å². The molecule has 0 radical (unpaired) electrons. The Morgan fingerprint density at radius 3 is 2.75 bits per heavy atom. The molecule has 4 heteroatoms. The maximum Gasteiger partial charge on any atom is 0.152 e. The molecule has 4 nitrogen and oxygen atoms in total. The highest BCUT2D eigenvalue weighted by Crippen LogP contribution is 2.27. The molecule has 0 aliphatic rings. The summed E-state index contributed by atoms with van der Waals surface area (Å²) in [4.78, 5) is 8.87. The lowest BCUT2D eigenvalue weighted by Crippen LogP contribution is -1.93. The van der Waals surface area contributed by atoms with Gasteiger partial charge in [0.25, 0.3) is 0 Å². The number of hydrogen-bond acceptors (Lipinski definition) is 4. The van der Waals surface area contributed by atoms with Gasteiger partial charge in [0.15, 0.2) is 5.82 Å². The zero-order valence-electron chi connectivity index (χ0n) is 13.4. The van der Waals surface area contributed by atoms with Crippen LogP contribution in [0.3, 0.4) is 0 Å². The number of nitrogens with zero attached hydrogens (tertiary/aromatic N) is 2. The Bertz CT molecular complexity index is 860. The summed E-state index contributed by atoms with van der Waals surface area (Å²) in [5.74, 6) is 1.40. The van der Waals surface area contributed by atoms with Crippen LogP contribution < -0.4 is 4.74 Å². The fraction of sp³-hybridized carbons (Fsp3) is 0.100. The van der Waals surface area contributed by atoms with E-state index in [1.807, 2.05) is 66.7 Å². The van der Waals surface area contributed by atoms with Crippen molar-refractivity contribution in [3.8, 4) is 17.0 Å². The molecule has 0 atom stereocenters. The number of aromatic nitrogens is 2. The first-order valence-electron chi connectivity index (χ1n) is 7.64. The Morgan fingerprint density at radius 1 is 1.04 bits per heavy atom. The van der Waals surface area contributed by atoms with E-state index in [0.717, 1.165) is 28.1 Å². The van der Waals surface area contributed by atoms with Crippen LogP contribution in [-0.2, 0) is 6.61 Å². The minimum absolute atomic E-state index is 0.0292. The van der Waals surface area contributed by atoms with Gasteiger partial charge < -0.3 is 9.84 Å². The van der Waals surface area contributed by atoms with E-state index >= 15 is 0 Å². The number of hydrogen-bond donors (Lipinski definition) is 1. The number of benzene rings is 2. The van der Waals surface area contributed by atoms with Crippen LogP contribution in [-0.4, -0.2) is 22.2 Å². The van der Waals surface area contributed by atoms with Crippen LogP contribution in [0.4, 0.5) is 0 Å². The number of aliphatic hydroxyl groups excluding tert-OH is 1. The van der Waals surface area contributed by atoms with Crippen LogP contribution in [0.15, 0.2) is 60.8 Å². The Kier molecular flexibility index (Phi) is 4.99. The first-order valence-corrected chi connectivity index (χ1v) is 7.64. The largest absolute Gasteiger partial charge is 0.496 e. The average molecular weight is 318 g/mol. The molecule has 0 saturated heterocycles. The monoisotopic (exact) mass is 318 g/mol. The third-order valence-electron chi connectivity index (χ3n) is 3.62. The normalized spacial score (nSPS) is 10.9. The maximum atomic E-state index is 9.20. The first-order chi connectivity index (χ1) is 11.8. The summed E-state index contributed by atoms with van der Waals surface area (Å²) >= 11 is 0. The quantitative estimate of drug-likeness (QED) is 0.777. The summed E-state index contributed by atoms with van der Waals surface area (Å²) in [7, 11) is 1.65. The minimum Gasteiger partial charge on any atom is -0.496 e. The molecule has 3 aromatic rings. The molecular formula is C20H18N2O2. The van der Waals surface area contributed by atoms with Crippen LogP contribution >= 0.6 is 0 Å². The molecule has 0 amide bonds. The molecule has 0 bridgehead atoms. The second-order valence-electron chi connectivity index (χ2n) is 5.24. The SMILES string of the molecule is COc1ccccc1-c1ccnc(/C=C/c2cccc(CO)c2)n1. The van der Waals surface area contributed by atoms with Gasteiger partial charge in [0, 0.05) is 11.8 Å². The van der Waals surface area contributed by atoms with Gasteiger partial charge in [-0.05, 0) is 41.5 Å². The Labute approximate surface area is 141 Å². The van der Waals surface area contributed by atoms with Gasteiger partial charge >= 0.3 is 0 Å². The van der Waals surface area contributed by atoms with Crippen molar-refractivity contribution in [2.75, 3.05) is 7.11 Å². The average Bonchev–Trinajstić information content (AvgIpc) is 2.66. The maximum absolute atomic E-state index is 9.20. The van der Waals surface area contributed by atoms with E-state index in [1.54, 1.807) is 13.3 Å². The van der Waals surface area contributed by atoms with Crippen LogP contribution in [0, 0.1) is 0 Å². The molecule has 0 unspecified atom stereocenters. The number of para-hydroxylation sites is 1. The topological polar surface area (TPSA) is 55.2 Å². The molecule has 1 N–H and O–H groups in total. The lowest BCUT2D eigenvalue weighted by Gasteiger charge is -2.07. The van der Waals surface area contributed by atoms with Crippen molar-refractivity contribution in [3.63, 3.8) is 0 Å². The smallest absolute Gasteiger partial charge is 0.152 e. The van der Waals surface area contributed by atoms with Gasteiger partial charge in [-0.15, -0.1) is 0 Å².